The summed E-state index contributed by atoms with van der Waals surface area (Å²) in [6, 6.07) is 16.3. The summed E-state index contributed by atoms with van der Waals surface area (Å²) >= 11 is 12.5. The van der Waals surface area contributed by atoms with Gasteiger partial charge in [0, 0.05) is 28.1 Å². The summed E-state index contributed by atoms with van der Waals surface area (Å²) < 4.78 is 5.27. The third-order valence-corrected chi connectivity index (χ3v) is 5.74. The lowest BCUT2D eigenvalue weighted by atomic mass is 9.97. The molecule has 4 aromatic rings. The highest BCUT2D eigenvalue weighted by molar-refractivity contribution is 6.36. The number of non-ortho nitro benzene ring substituents is 1. The second-order valence-corrected chi connectivity index (χ2v) is 8.04. The Bertz CT molecular complexity index is 1420. The molecule has 0 fully saturated rings. The molecule has 0 unspecified atom stereocenters. The molecule has 9 heteroatoms. The van der Waals surface area contributed by atoms with Gasteiger partial charge in [0.25, 0.3) is 11.6 Å². The zero-order valence-corrected chi connectivity index (χ0v) is 19.1. The molecular formula is C24H17Cl2N3O4. The first kappa shape index (κ1) is 22.5. The van der Waals surface area contributed by atoms with Crippen LogP contribution in [0, 0.1) is 17.0 Å². The van der Waals surface area contributed by atoms with Crippen molar-refractivity contribution < 1.29 is 14.5 Å². The number of para-hydroxylation sites is 1. The quantitative estimate of drug-likeness (QED) is 0.253. The predicted molar refractivity (Wildman–Crippen MR) is 130 cm³/mol. The topological polar surface area (TPSA) is 94.4 Å². The van der Waals surface area contributed by atoms with Gasteiger partial charge in [0.2, 0.25) is 0 Å². The van der Waals surface area contributed by atoms with Crippen molar-refractivity contribution in [2.45, 2.75) is 6.92 Å². The number of carbonyl (C=O) groups is 1. The number of fused-ring (bicyclic) bond motifs is 1. The molecule has 166 valence electrons. The Morgan fingerprint density at radius 2 is 1.85 bits per heavy atom. The minimum absolute atomic E-state index is 0.170. The van der Waals surface area contributed by atoms with Gasteiger partial charge in [0.05, 0.1) is 39.5 Å². The van der Waals surface area contributed by atoms with Crippen LogP contribution in [0.15, 0.2) is 60.7 Å². The van der Waals surface area contributed by atoms with Crippen molar-refractivity contribution in [1.29, 1.82) is 0 Å². The first-order valence-electron chi connectivity index (χ1n) is 9.78. The Hall–Kier alpha value is -3.68. The van der Waals surface area contributed by atoms with Gasteiger partial charge in [-0.25, -0.2) is 4.98 Å². The first-order valence-corrected chi connectivity index (χ1v) is 10.5. The van der Waals surface area contributed by atoms with Crippen LogP contribution in [-0.2, 0) is 0 Å². The number of nitro groups is 1. The number of amides is 1. The Balaban J connectivity index is 1.89. The average Bonchev–Trinajstić information content (AvgIpc) is 2.78. The molecule has 3 aromatic carbocycles. The lowest BCUT2D eigenvalue weighted by Crippen LogP contribution is -2.16. The third kappa shape index (κ3) is 4.33. The van der Waals surface area contributed by atoms with Gasteiger partial charge in [-0.1, -0.05) is 41.4 Å². The van der Waals surface area contributed by atoms with E-state index in [2.05, 4.69) is 5.32 Å². The summed E-state index contributed by atoms with van der Waals surface area (Å²) in [7, 11) is 1.42. The number of nitro benzene ring substituents is 1. The van der Waals surface area contributed by atoms with E-state index in [1.165, 1.54) is 25.3 Å². The van der Waals surface area contributed by atoms with Gasteiger partial charge < -0.3 is 10.1 Å². The Morgan fingerprint density at radius 1 is 1.09 bits per heavy atom. The van der Waals surface area contributed by atoms with Crippen LogP contribution in [-0.4, -0.2) is 22.9 Å². The number of methoxy groups -OCH3 is 1. The number of halogens is 2. The van der Waals surface area contributed by atoms with Crippen molar-refractivity contribution in [2.75, 3.05) is 12.4 Å². The molecule has 0 atom stereocenters. The van der Waals surface area contributed by atoms with Crippen LogP contribution in [0.2, 0.25) is 10.0 Å². The minimum atomic E-state index is -0.539. The van der Waals surface area contributed by atoms with Gasteiger partial charge in [0.1, 0.15) is 5.75 Å². The summed E-state index contributed by atoms with van der Waals surface area (Å²) in [6.07, 6.45) is 0. The summed E-state index contributed by atoms with van der Waals surface area (Å²) in [5.74, 6) is -0.165. The largest absolute Gasteiger partial charge is 0.495 e. The number of anilines is 1. The fraction of sp³-hybridized carbons (Fsp3) is 0.0833. The van der Waals surface area contributed by atoms with Gasteiger partial charge in [-0.15, -0.1) is 0 Å². The van der Waals surface area contributed by atoms with E-state index in [0.29, 0.717) is 49.1 Å². The maximum Gasteiger partial charge on any atom is 0.271 e. The summed E-state index contributed by atoms with van der Waals surface area (Å²) in [4.78, 5) is 28.9. The zero-order valence-electron chi connectivity index (χ0n) is 17.6. The van der Waals surface area contributed by atoms with Crippen molar-refractivity contribution in [2.24, 2.45) is 0 Å². The zero-order chi connectivity index (χ0) is 23.7. The van der Waals surface area contributed by atoms with E-state index in [1.807, 2.05) is 12.1 Å². The maximum atomic E-state index is 13.5. The second kappa shape index (κ2) is 9.05. The summed E-state index contributed by atoms with van der Waals surface area (Å²) in [5.41, 5.74) is 2.74. The smallest absolute Gasteiger partial charge is 0.271 e. The molecule has 1 heterocycles. The van der Waals surface area contributed by atoms with Crippen molar-refractivity contribution in [1.82, 2.24) is 4.98 Å². The molecule has 0 aliphatic rings. The number of nitrogens with one attached hydrogen (secondary N) is 1. The van der Waals surface area contributed by atoms with Crippen LogP contribution in [0.4, 0.5) is 11.4 Å². The highest BCUT2D eigenvalue weighted by Gasteiger charge is 2.22. The van der Waals surface area contributed by atoms with Crippen LogP contribution in [0.3, 0.4) is 0 Å². The molecule has 0 radical (unpaired) electrons. The standard InChI is InChI=1S/C24H17Cl2N3O4/c1-13-22(24(30)28-20-12-15(29(31)32)8-10-21(20)33-2)17-5-3-4-6-19(17)27-23(13)16-9-7-14(25)11-18(16)26/h3-12H,1-2H3,(H,28,30). The molecule has 0 bridgehead atoms. The highest BCUT2D eigenvalue weighted by Crippen LogP contribution is 2.36. The number of carbonyl (C=O) groups excluding carboxylic acids is 1. The van der Waals surface area contributed by atoms with Crippen LogP contribution in [0.5, 0.6) is 5.75 Å². The normalized spacial score (nSPS) is 10.8. The molecule has 1 aromatic heterocycles. The number of pyridine rings is 1. The first-order chi connectivity index (χ1) is 15.8. The molecule has 0 aliphatic heterocycles. The number of rotatable bonds is 5. The van der Waals surface area contributed by atoms with E-state index in [-0.39, 0.29) is 11.4 Å². The van der Waals surface area contributed by atoms with Crippen molar-refractivity contribution in [3.8, 4) is 17.0 Å². The molecule has 0 saturated carbocycles. The van der Waals surface area contributed by atoms with E-state index in [0.717, 1.165) is 0 Å². The monoisotopic (exact) mass is 481 g/mol. The van der Waals surface area contributed by atoms with Crippen LogP contribution in [0.1, 0.15) is 15.9 Å². The Morgan fingerprint density at radius 3 is 2.55 bits per heavy atom. The molecule has 1 N–H and O–H groups in total. The number of nitrogens with zero attached hydrogens (tertiary/aromatic N) is 2. The van der Waals surface area contributed by atoms with Crippen LogP contribution < -0.4 is 10.1 Å². The van der Waals surface area contributed by atoms with E-state index >= 15 is 0 Å². The molecule has 0 aliphatic carbocycles. The van der Waals surface area contributed by atoms with Crippen molar-refractivity contribution in [3.63, 3.8) is 0 Å². The highest BCUT2D eigenvalue weighted by atomic mass is 35.5. The molecule has 0 saturated heterocycles. The van der Waals surface area contributed by atoms with E-state index < -0.39 is 10.8 Å². The van der Waals surface area contributed by atoms with Crippen LogP contribution in [0.25, 0.3) is 22.2 Å². The Kier molecular flexibility index (Phi) is 6.18. The van der Waals surface area contributed by atoms with E-state index in [9.17, 15) is 14.9 Å². The lowest BCUT2D eigenvalue weighted by Gasteiger charge is -2.16. The van der Waals surface area contributed by atoms with Crippen molar-refractivity contribution in [3.05, 3.63) is 92.0 Å². The number of benzene rings is 3. The predicted octanol–water partition coefficient (Wildman–Crippen LogP) is 6.69. The van der Waals surface area contributed by atoms with Gasteiger partial charge in [0.15, 0.2) is 0 Å². The molecule has 1 amide bonds. The number of hydrogen-bond donors (Lipinski definition) is 1. The minimum Gasteiger partial charge on any atom is -0.495 e. The van der Waals surface area contributed by atoms with Gasteiger partial charge in [-0.2, -0.15) is 0 Å². The fourth-order valence-corrected chi connectivity index (χ4v) is 4.13. The van der Waals surface area contributed by atoms with E-state index in [4.69, 9.17) is 32.9 Å². The summed E-state index contributed by atoms with van der Waals surface area (Å²) in [5, 5.41) is 15.5. The van der Waals surface area contributed by atoms with Crippen molar-refractivity contribution >= 4 is 51.4 Å². The molecule has 7 nitrogen and oxygen atoms in total. The van der Waals surface area contributed by atoms with Gasteiger partial charge in [-0.05, 0) is 42.8 Å². The van der Waals surface area contributed by atoms with E-state index in [1.54, 1.807) is 37.3 Å². The van der Waals surface area contributed by atoms with Gasteiger partial charge >= 0.3 is 0 Å². The maximum absolute atomic E-state index is 13.5. The van der Waals surface area contributed by atoms with Gasteiger partial charge in [-0.3, -0.25) is 14.9 Å². The molecule has 4 rings (SSSR count). The number of hydrogen-bond acceptors (Lipinski definition) is 5. The summed E-state index contributed by atoms with van der Waals surface area (Å²) in [6.45, 7) is 1.78. The number of aromatic nitrogens is 1. The number of ether oxygens (including phenoxy) is 1. The second-order valence-electron chi connectivity index (χ2n) is 7.20. The van der Waals surface area contributed by atoms with Crippen LogP contribution >= 0.6 is 23.2 Å². The fourth-order valence-electron chi connectivity index (χ4n) is 3.64. The molecular weight excluding hydrogens is 465 g/mol. The SMILES string of the molecule is COc1ccc([N+](=O)[O-])cc1NC(=O)c1c(C)c(-c2ccc(Cl)cc2Cl)nc2ccccc12. The lowest BCUT2D eigenvalue weighted by molar-refractivity contribution is -0.384. The average molecular weight is 482 g/mol. The molecule has 33 heavy (non-hydrogen) atoms. The Labute approximate surface area is 199 Å². The molecule has 0 spiro atoms. The third-order valence-electron chi connectivity index (χ3n) is 5.19.